The zero-order valence-electron chi connectivity index (χ0n) is 16.1. The van der Waals surface area contributed by atoms with Crippen molar-refractivity contribution in [2.45, 2.75) is 19.4 Å². The van der Waals surface area contributed by atoms with Gasteiger partial charge in [0.05, 0.1) is 17.3 Å². The van der Waals surface area contributed by atoms with Crippen molar-refractivity contribution in [3.8, 4) is 11.5 Å². The van der Waals surface area contributed by atoms with Crippen molar-refractivity contribution in [1.29, 1.82) is 0 Å². The molecule has 1 aromatic heterocycles. The van der Waals surface area contributed by atoms with Crippen LogP contribution in [0.25, 0.3) is 0 Å². The van der Waals surface area contributed by atoms with E-state index in [-0.39, 0.29) is 16.3 Å². The van der Waals surface area contributed by atoms with Crippen LogP contribution in [0.3, 0.4) is 0 Å². The van der Waals surface area contributed by atoms with Gasteiger partial charge in [0.25, 0.3) is 0 Å². The van der Waals surface area contributed by atoms with E-state index in [0.717, 1.165) is 32.5 Å². The van der Waals surface area contributed by atoms with Gasteiger partial charge in [0.1, 0.15) is 18.8 Å². The number of aromatic nitrogens is 1. The van der Waals surface area contributed by atoms with Gasteiger partial charge in [-0.2, -0.15) is 0 Å². The van der Waals surface area contributed by atoms with Crippen LogP contribution in [0.4, 0.5) is 5.69 Å². The topological polar surface area (TPSA) is 86.9 Å². The lowest BCUT2D eigenvalue weighted by Crippen LogP contribution is -2.35. The summed E-state index contributed by atoms with van der Waals surface area (Å²) in [5.41, 5.74) is 7.68. The second-order valence-electron chi connectivity index (χ2n) is 7.35. The molecule has 0 radical (unpaired) electrons. The molecule has 0 amide bonds. The second-order valence-corrected chi connectivity index (χ2v) is 7.76. The van der Waals surface area contributed by atoms with Crippen LogP contribution in [-0.2, 0) is 11.3 Å². The molecular weight excluding hydrogens is 394 g/mol. The summed E-state index contributed by atoms with van der Waals surface area (Å²) < 4.78 is 16.7. The normalized spacial score (nSPS) is 17.1. The second kappa shape index (κ2) is 8.88. The minimum Gasteiger partial charge on any atom is -0.485 e. The molecule has 7 nitrogen and oxygen atoms in total. The van der Waals surface area contributed by atoms with Crippen LogP contribution in [-0.4, -0.2) is 48.8 Å². The Bertz CT molecular complexity index is 870. The number of nitrogen functional groups attached to an aromatic ring is 1. The first-order valence-electron chi connectivity index (χ1n) is 9.77. The van der Waals surface area contributed by atoms with Crippen LogP contribution in [0.5, 0.6) is 11.5 Å². The minimum atomic E-state index is -0.466. The molecule has 1 saturated heterocycles. The minimum absolute atomic E-state index is 0.255. The fourth-order valence-corrected chi connectivity index (χ4v) is 3.88. The Labute approximate surface area is 174 Å². The molecule has 0 atom stereocenters. The molecule has 0 unspecified atom stereocenters. The van der Waals surface area contributed by atoms with E-state index in [0.29, 0.717) is 37.2 Å². The van der Waals surface area contributed by atoms with E-state index in [9.17, 15) is 4.79 Å². The molecule has 154 valence electrons. The Hall–Kier alpha value is -2.51. The number of likely N-dealkylation sites (tertiary alicyclic amines) is 1. The summed E-state index contributed by atoms with van der Waals surface area (Å²) in [6.45, 7) is 3.92. The first-order valence-corrected chi connectivity index (χ1v) is 10.2. The highest BCUT2D eigenvalue weighted by molar-refractivity contribution is 6.34. The molecule has 4 rings (SSSR count). The molecule has 1 fully saturated rings. The molecule has 2 aliphatic rings. The molecule has 0 aliphatic carbocycles. The number of esters is 1. The number of ether oxygens (including phenoxy) is 3. The van der Waals surface area contributed by atoms with Gasteiger partial charge < -0.3 is 19.9 Å². The van der Waals surface area contributed by atoms with E-state index in [4.69, 9.17) is 31.5 Å². The predicted octanol–water partition coefficient (Wildman–Crippen LogP) is 3.16. The van der Waals surface area contributed by atoms with E-state index in [1.807, 2.05) is 12.3 Å². The molecular formula is C21H24ClN3O4. The average Bonchev–Trinajstić information content (AvgIpc) is 2.76. The lowest BCUT2D eigenvalue weighted by Gasteiger charge is -2.31. The number of hydrogen-bond acceptors (Lipinski definition) is 7. The first-order chi connectivity index (χ1) is 14.1. The number of fused-ring (bicyclic) bond motifs is 1. The van der Waals surface area contributed by atoms with Crippen molar-refractivity contribution in [2.24, 2.45) is 5.92 Å². The van der Waals surface area contributed by atoms with Gasteiger partial charge in [0, 0.05) is 18.9 Å². The van der Waals surface area contributed by atoms with Crippen molar-refractivity contribution in [1.82, 2.24) is 9.88 Å². The van der Waals surface area contributed by atoms with Crippen LogP contribution in [0.15, 0.2) is 30.6 Å². The Morgan fingerprint density at radius 3 is 2.76 bits per heavy atom. The summed E-state index contributed by atoms with van der Waals surface area (Å²) in [5, 5.41) is 0.255. The summed E-state index contributed by atoms with van der Waals surface area (Å²) in [6, 6.07) is 5.53. The Kier molecular flexibility index (Phi) is 6.06. The standard InChI is InChI=1S/C21H24ClN3O4/c22-17-10-16(19-20(18(17)23)28-9-8-27-19)21(26)29-13-14-3-6-25(7-4-14)12-15-2-1-5-24-11-15/h1-2,5,10-11,14H,3-4,6-9,12-13,23H2. The maximum Gasteiger partial charge on any atom is 0.342 e. The molecule has 2 aliphatic heterocycles. The number of nitrogens with zero attached hydrogens (tertiary/aromatic N) is 2. The van der Waals surface area contributed by atoms with Crippen molar-refractivity contribution in [2.75, 3.05) is 38.6 Å². The third-order valence-electron chi connectivity index (χ3n) is 5.31. The van der Waals surface area contributed by atoms with Gasteiger partial charge in [-0.1, -0.05) is 17.7 Å². The van der Waals surface area contributed by atoms with Crippen LogP contribution in [0, 0.1) is 5.92 Å². The van der Waals surface area contributed by atoms with Crippen LogP contribution >= 0.6 is 11.6 Å². The fraction of sp³-hybridized carbons (Fsp3) is 0.429. The maximum atomic E-state index is 12.7. The molecule has 29 heavy (non-hydrogen) atoms. The number of nitrogens with two attached hydrogens (primary N) is 1. The third-order valence-corrected chi connectivity index (χ3v) is 5.62. The Morgan fingerprint density at radius 2 is 2.03 bits per heavy atom. The third kappa shape index (κ3) is 4.57. The molecule has 8 heteroatoms. The van der Waals surface area contributed by atoms with E-state index < -0.39 is 5.97 Å². The number of piperidine rings is 1. The molecule has 0 saturated carbocycles. The first kappa shape index (κ1) is 19.8. The quantitative estimate of drug-likeness (QED) is 0.590. The highest BCUT2D eigenvalue weighted by atomic mass is 35.5. The van der Waals surface area contributed by atoms with Gasteiger partial charge in [0.2, 0.25) is 0 Å². The lowest BCUT2D eigenvalue weighted by atomic mass is 9.97. The predicted molar refractivity (Wildman–Crippen MR) is 109 cm³/mol. The van der Waals surface area contributed by atoms with Crippen LogP contribution in [0.2, 0.25) is 5.02 Å². The summed E-state index contributed by atoms with van der Waals surface area (Å²) in [6.07, 6.45) is 5.65. The Balaban J connectivity index is 1.31. The Morgan fingerprint density at radius 1 is 1.28 bits per heavy atom. The van der Waals surface area contributed by atoms with Gasteiger partial charge >= 0.3 is 5.97 Å². The maximum absolute atomic E-state index is 12.7. The summed E-state index contributed by atoms with van der Waals surface area (Å²) in [7, 11) is 0. The summed E-state index contributed by atoms with van der Waals surface area (Å²) in [5.74, 6) is 0.502. The molecule has 1 aromatic carbocycles. The van der Waals surface area contributed by atoms with E-state index in [2.05, 4.69) is 16.0 Å². The number of benzene rings is 1. The average molecular weight is 418 g/mol. The fourth-order valence-electron chi connectivity index (χ4n) is 3.68. The zero-order valence-corrected chi connectivity index (χ0v) is 16.9. The zero-order chi connectivity index (χ0) is 20.2. The highest BCUT2D eigenvalue weighted by Gasteiger charge is 2.27. The van der Waals surface area contributed by atoms with Gasteiger partial charge in [-0.15, -0.1) is 0 Å². The van der Waals surface area contributed by atoms with Crippen molar-refractivity contribution in [3.05, 3.63) is 46.7 Å². The number of carbonyl (C=O) groups excluding carboxylic acids is 1. The number of carbonyl (C=O) groups is 1. The van der Waals surface area contributed by atoms with Crippen molar-refractivity contribution in [3.63, 3.8) is 0 Å². The number of hydrogen-bond donors (Lipinski definition) is 1. The lowest BCUT2D eigenvalue weighted by molar-refractivity contribution is 0.0360. The number of halogens is 1. The smallest absolute Gasteiger partial charge is 0.342 e. The van der Waals surface area contributed by atoms with Gasteiger partial charge in [-0.05, 0) is 49.5 Å². The van der Waals surface area contributed by atoms with Crippen LogP contribution in [0.1, 0.15) is 28.8 Å². The van der Waals surface area contributed by atoms with E-state index in [1.54, 1.807) is 6.20 Å². The van der Waals surface area contributed by atoms with E-state index in [1.165, 1.54) is 11.6 Å². The number of pyridine rings is 1. The summed E-state index contributed by atoms with van der Waals surface area (Å²) in [4.78, 5) is 19.2. The molecule has 2 N–H and O–H groups in total. The number of anilines is 1. The van der Waals surface area contributed by atoms with Gasteiger partial charge in [-0.25, -0.2) is 4.79 Å². The van der Waals surface area contributed by atoms with Gasteiger partial charge in [0.15, 0.2) is 11.5 Å². The van der Waals surface area contributed by atoms with Gasteiger partial charge in [-0.3, -0.25) is 9.88 Å². The highest BCUT2D eigenvalue weighted by Crippen LogP contribution is 2.43. The largest absolute Gasteiger partial charge is 0.485 e. The summed E-state index contributed by atoms with van der Waals surface area (Å²) >= 11 is 6.15. The molecule has 0 bridgehead atoms. The SMILES string of the molecule is Nc1c(Cl)cc(C(=O)OCC2CCN(Cc3cccnc3)CC2)c2c1OCCO2. The molecule has 2 aromatic rings. The molecule has 0 spiro atoms. The monoisotopic (exact) mass is 417 g/mol. The molecule has 3 heterocycles. The number of rotatable bonds is 5. The van der Waals surface area contributed by atoms with E-state index >= 15 is 0 Å². The van der Waals surface area contributed by atoms with Crippen LogP contribution < -0.4 is 15.2 Å². The van der Waals surface area contributed by atoms with Crippen molar-refractivity contribution < 1.29 is 19.0 Å². The van der Waals surface area contributed by atoms with Crippen molar-refractivity contribution >= 4 is 23.3 Å².